The van der Waals surface area contributed by atoms with Gasteiger partial charge in [0.1, 0.15) is 0 Å². The summed E-state index contributed by atoms with van der Waals surface area (Å²) in [6.45, 7) is 0. The van der Waals surface area contributed by atoms with Crippen LogP contribution in [-0.4, -0.2) is 32.5 Å². The van der Waals surface area contributed by atoms with Gasteiger partial charge in [0.15, 0.2) is 0 Å². The molecule has 0 aliphatic heterocycles. The van der Waals surface area contributed by atoms with Crippen molar-refractivity contribution in [3.8, 4) is 0 Å². The summed E-state index contributed by atoms with van der Waals surface area (Å²) in [7, 11) is -3.47. The smallest absolute Gasteiger partial charge is 0.251 e. The summed E-state index contributed by atoms with van der Waals surface area (Å²) in [6.07, 6.45) is 5.43. The number of nitrogens with one attached hydrogen (secondary N) is 2. The van der Waals surface area contributed by atoms with Gasteiger partial charge < -0.3 is 11.1 Å². The molecule has 0 bridgehead atoms. The highest BCUT2D eigenvalue weighted by molar-refractivity contribution is 7.89. The van der Waals surface area contributed by atoms with Gasteiger partial charge in [-0.2, -0.15) is 0 Å². The number of nitrogens with two attached hydrogens (primary N) is 1. The van der Waals surface area contributed by atoms with E-state index in [1.165, 1.54) is 12.1 Å². The third-order valence-corrected chi connectivity index (χ3v) is 5.97. The normalized spacial score (nSPS) is 25.1. The Morgan fingerprint density at radius 1 is 0.957 bits per heavy atom. The van der Waals surface area contributed by atoms with Gasteiger partial charge in [-0.1, -0.05) is 0 Å². The van der Waals surface area contributed by atoms with Crippen LogP contribution in [0.15, 0.2) is 29.2 Å². The first-order chi connectivity index (χ1) is 10.9. The molecule has 6 nitrogen and oxygen atoms in total. The quantitative estimate of drug-likeness (QED) is 0.749. The van der Waals surface area contributed by atoms with Crippen molar-refractivity contribution < 1.29 is 13.2 Å². The predicted octanol–water partition coefficient (Wildman–Crippen LogP) is 1.13. The molecule has 4 N–H and O–H groups in total. The van der Waals surface area contributed by atoms with Crippen LogP contribution >= 0.6 is 0 Å². The molecule has 0 radical (unpaired) electrons. The number of carbonyl (C=O) groups excluding carboxylic acids is 1. The molecule has 1 aromatic carbocycles. The molecule has 0 spiro atoms. The van der Waals surface area contributed by atoms with E-state index in [0.717, 1.165) is 38.5 Å². The first kappa shape index (κ1) is 16.4. The lowest BCUT2D eigenvalue weighted by molar-refractivity contribution is 0.0926. The van der Waals surface area contributed by atoms with Gasteiger partial charge in [-0.3, -0.25) is 4.79 Å². The van der Waals surface area contributed by atoms with Crippen molar-refractivity contribution >= 4 is 15.9 Å². The number of carbonyl (C=O) groups is 1. The average Bonchev–Trinajstić information content (AvgIpc) is 3.33. The molecule has 2 saturated carbocycles. The molecule has 3 rings (SSSR count). The molecule has 2 aliphatic carbocycles. The van der Waals surface area contributed by atoms with Crippen molar-refractivity contribution in [3.05, 3.63) is 29.8 Å². The molecule has 0 aromatic heterocycles. The number of rotatable bonds is 5. The second-order valence-electron chi connectivity index (χ2n) is 6.51. The average molecular weight is 337 g/mol. The Kier molecular flexibility index (Phi) is 4.70. The first-order valence-corrected chi connectivity index (χ1v) is 9.61. The summed E-state index contributed by atoms with van der Waals surface area (Å²) in [5.41, 5.74) is 6.34. The standard InChI is InChI=1S/C16H23N3O3S/c17-12-3-5-13(6-4-12)18-16(20)11-1-9-15(10-2-11)23(21,22)19-14-7-8-14/h1-2,9-10,12-14,19H,3-8,17H2,(H,18,20). The first-order valence-electron chi connectivity index (χ1n) is 8.13. The molecule has 126 valence electrons. The van der Waals surface area contributed by atoms with Gasteiger partial charge in [0, 0.05) is 23.7 Å². The van der Waals surface area contributed by atoms with Crippen LogP contribution in [-0.2, 0) is 10.0 Å². The van der Waals surface area contributed by atoms with Crippen molar-refractivity contribution in [1.29, 1.82) is 0 Å². The Bertz CT molecular complexity index is 660. The summed E-state index contributed by atoms with van der Waals surface area (Å²) in [4.78, 5) is 12.4. The van der Waals surface area contributed by atoms with Crippen molar-refractivity contribution in [2.24, 2.45) is 5.73 Å². The molecule has 1 aromatic rings. The van der Waals surface area contributed by atoms with Crippen molar-refractivity contribution in [2.75, 3.05) is 0 Å². The third kappa shape index (κ3) is 4.31. The Morgan fingerprint density at radius 2 is 1.52 bits per heavy atom. The van der Waals surface area contributed by atoms with E-state index in [2.05, 4.69) is 10.0 Å². The predicted molar refractivity (Wildman–Crippen MR) is 87.5 cm³/mol. The molecule has 23 heavy (non-hydrogen) atoms. The summed E-state index contributed by atoms with van der Waals surface area (Å²) >= 11 is 0. The molecule has 1 amide bonds. The Hall–Kier alpha value is -1.44. The maximum Gasteiger partial charge on any atom is 0.251 e. The maximum atomic E-state index is 12.2. The molecule has 2 fully saturated rings. The number of amides is 1. The molecule has 0 atom stereocenters. The van der Waals surface area contributed by atoms with Gasteiger partial charge in [0.2, 0.25) is 10.0 Å². The second kappa shape index (κ2) is 6.59. The van der Waals surface area contributed by atoms with E-state index >= 15 is 0 Å². The van der Waals surface area contributed by atoms with E-state index in [4.69, 9.17) is 5.73 Å². The van der Waals surface area contributed by atoms with Gasteiger partial charge in [-0.25, -0.2) is 13.1 Å². The lowest BCUT2D eigenvalue weighted by Gasteiger charge is -2.26. The molecule has 0 unspecified atom stereocenters. The van der Waals surface area contributed by atoms with Crippen LogP contribution in [0.5, 0.6) is 0 Å². The van der Waals surface area contributed by atoms with Gasteiger partial charge in [0.25, 0.3) is 5.91 Å². The maximum absolute atomic E-state index is 12.2. The zero-order valence-corrected chi connectivity index (χ0v) is 13.8. The zero-order valence-electron chi connectivity index (χ0n) is 13.0. The highest BCUT2D eigenvalue weighted by Crippen LogP contribution is 2.22. The van der Waals surface area contributed by atoms with Crippen molar-refractivity contribution in [2.45, 2.75) is 61.5 Å². The molecular weight excluding hydrogens is 314 g/mol. The van der Waals surface area contributed by atoms with E-state index in [0.29, 0.717) is 5.56 Å². The Morgan fingerprint density at radius 3 is 2.09 bits per heavy atom. The summed E-state index contributed by atoms with van der Waals surface area (Å²) in [6, 6.07) is 6.55. The molecule has 0 saturated heterocycles. The van der Waals surface area contributed by atoms with Crippen LogP contribution in [0.3, 0.4) is 0 Å². The Labute approximate surface area is 136 Å². The van der Waals surface area contributed by atoms with Crippen molar-refractivity contribution in [3.63, 3.8) is 0 Å². The van der Waals surface area contributed by atoms with Gasteiger partial charge in [0.05, 0.1) is 4.90 Å². The second-order valence-corrected chi connectivity index (χ2v) is 8.22. The molecule has 0 heterocycles. The summed E-state index contributed by atoms with van der Waals surface area (Å²) in [5.74, 6) is -0.162. The minimum absolute atomic E-state index is 0.0700. The zero-order chi connectivity index (χ0) is 16.4. The fourth-order valence-corrected chi connectivity index (χ4v) is 4.11. The highest BCUT2D eigenvalue weighted by atomic mass is 32.2. The number of sulfonamides is 1. The van der Waals surface area contributed by atoms with Crippen LogP contribution in [0.25, 0.3) is 0 Å². The van der Waals surface area contributed by atoms with Crippen LogP contribution in [0.2, 0.25) is 0 Å². The van der Waals surface area contributed by atoms with Crippen molar-refractivity contribution in [1.82, 2.24) is 10.0 Å². The number of benzene rings is 1. The van der Waals surface area contributed by atoms with E-state index < -0.39 is 10.0 Å². The number of hydrogen-bond acceptors (Lipinski definition) is 4. The van der Waals surface area contributed by atoms with Crippen LogP contribution in [0.1, 0.15) is 48.9 Å². The Balaban J connectivity index is 1.61. The molecule has 2 aliphatic rings. The lowest BCUT2D eigenvalue weighted by atomic mass is 9.91. The van der Waals surface area contributed by atoms with Crippen LogP contribution in [0, 0.1) is 0 Å². The molecular formula is C16H23N3O3S. The summed E-state index contributed by atoms with van der Waals surface area (Å²) in [5, 5.41) is 3.00. The van der Waals surface area contributed by atoms with Gasteiger partial charge >= 0.3 is 0 Å². The highest BCUT2D eigenvalue weighted by Gasteiger charge is 2.28. The van der Waals surface area contributed by atoms with Crippen LogP contribution in [0.4, 0.5) is 0 Å². The van der Waals surface area contributed by atoms with E-state index in [1.807, 2.05) is 0 Å². The molecule has 7 heteroatoms. The minimum atomic E-state index is -3.47. The van der Waals surface area contributed by atoms with E-state index in [-0.39, 0.29) is 28.9 Å². The number of hydrogen-bond donors (Lipinski definition) is 3. The lowest BCUT2D eigenvalue weighted by Crippen LogP contribution is -2.40. The fraction of sp³-hybridized carbons (Fsp3) is 0.562. The summed E-state index contributed by atoms with van der Waals surface area (Å²) < 4.78 is 26.8. The SMILES string of the molecule is NC1CCC(NC(=O)c2ccc(S(=O)(=O)NC3CC3)cc2)CC1. The van der Waals surface area contributed by atoms with E-state index in [1.54, 1.807) is 12.1 Å². The topological polar surface area (TPSA) is 101 Å². The fourth-order valence-electron chi connectivity index (χ4n) is 2.81. The van der Waals surface area contributed by atoms with Gasteiger partial charge in [-0.15, -0.1) is 0 Å². The van der Waals surface area contributed by atoms with Gasteiger partial charge in [-0.05, 0) is 62.8 Å². The largest absolute Gasteiger partial charge is 0.349 e. The van der Waals surface area contributed by atoms with E-state index in [9.17, 15) is 13.2 Å². The third-order valence-electron chi connectivity index (χ3n) is 4.43. The van der Waals surface area contributed by atoms with Crippen LogP contribution < -0.4 is 15.8 Å². The minimum Gasteiger partial charge on any atom is -0.349 e. The monoisotopic (exact) mass is 337 g/mol.